The second kappa shape index (κ2) is 11.2. The second-order valence-corrected chi connectivity index (χ2v) is 11.0. The minimum atomic E-state index is -3.65. The summed E-state index contributed by atoms with van der Waals surface area (Å²) >= 11 is 0. The fourth-order valence-corrected chi connectivity index (χ4v) is 6.45. The Balaban J connectivity index is 1.36. The van der Waals surface area contributed by atoms with Crippen LogP contribution in [0, 0.1) is 17.2 Å². The molecule has 1 amide bonds. The zero-order valence-corrected chi connectivity index (χ0v) is 20.8. The third kappa shape index (κ3) is 5.67. The van der Waals surface area contributed by atoms with Crippen LogP contribution in [0.1, 0.15) is 42.9 Å². The number of nitrogens with zero attached hydrogens (tertiary/aromatic N) is 3. The fourth-order valence-electron chi connectivity index (χ4n) is 4.98. The van der Waals surface area contributed by atoms with Crippen LogP contribution in [0.25, 0.3) is 0 Å². The van der Waals surface area contributed by atoms with Crippen molar-refractivity contribution in [1.29, 1.82) is 5.26 Å². The standard InChI is InChI=1S/C26H32N4O4S/c1-34-25-7-3-2-6-23(25)24(29-14-4-5-15-29)19-28-26(31)21-12-16-30(17-13-21)35(32,33)22-10-8-20(18-27)9-11-22/h2-3,6-11,21,24H,4-5,12-17,19H2,1H3,(H,28,31). The molecule has 2 fully saturated rings. The summed E-state index contributed by atoms with van der Waals surface area (Å²) in [4.78, 5) is 15.6. The van der Waals surface area contributed by atoms with Gasteiger partial charge in [0.05, 0.1) is 29.7 Å². The molecule has 35 heavy (non-hydrogen) atoms. The van der Waals surface area contributed by atoms with Crippen molar-refractivity contribution in [1.82, 2.24) is 14.5 Å². The van der Waals surface area contributed by atoms with E-state index in [0.717, 1.165) is 37.2 Å². The largest absolute Gasteiger partial charge is 0.496 e. The summed E-state index contributed by atoms with van der Waals surface area (Å²) in [5, 5.41) is 12.1. The van der Waals surface area contributed by atoms with E-state index in [1.165, 1.54) is 28.6 Å². The van der Waals surface area contributed by atoms with Gasteiger partial charge in [0.1, 0.15) is 5.75 Å². The molecule has 0 radical (unpaired) electrons. The highest BCUT2D eigenvalue weighted by Gasteiger charge is 2.33. The summed E-state index contributed by atoms with van der Waals surface area (Å²) in [5.41, 5.74) is 1.49. The third-order valence-corrected chi connectivity index (χ3v) is 8.91. The number of nitriles is 1. The van der Waals surface area contributed by atoms with E-state index >= 15 is 0 Å². The monoisotopic (exact) mass is 496 g/mol. The number of methoxy groups -OCH3 is 1. The number of hydrogen-bond acceptors (Lipinski definition) is 6. The van der Waals surface area contributed by atoms with Gasteiger partial charge in [-0.2, -0.15) is 9.57 Å². The number of benzene rings is 2. The molecule has 9 heteroatoms. The average Bonchev–Trinajstić information content (AvgIpc) is 3.44. The van der Waals surface area contributed by atoms with Gasteiger partial charge in [0.15, 0.2) is 0 Å². The van der Waals surface area contributed by atoms with Crippen molar-refractivity contribution < 1.29 is 17.9 Å². The molecular weight excluding hydrogens is 464 g/mol. The maximum atomic E-state index is 13.0. The summed E-state index contributed by atoms with van der Waals surface area (Å²) < 4.78 is 33.0. The number of nitrogens with one attached hydrogen (secondary N) is 1. The highest BCUT2D eigenvalue weighted by atomic mass is 32.2. The first kappa shape index (κ1) is 25.2. The summed E-state index contributed by atoms with van der Waals surface area (Å²) in [5.74, 6) is 0.568. The summed E-state index contributed by atoms with van der Waals surface area (Å²) in [6.45, 7) is 3.06. The van der Waals surface area contributed by atoms with Gasteiger partial charge in [-0.15, -0.1) is 0 Å². The predicted molar refractivity (Wildman–Crippen MR) is 132 cm³/mol. The van der Waals surface area contributed by atoms with E-state index in [0.29, 0.717) is 38.0 Å². The molecule has 0 spiro atoms. The molecule has 2 saturated heterocycles. The Morgan fingerprint density at radius 3 is 2.37 bits per heavy atom. The van der Waals surface area contributed by atoms with E-state index < -0.39 is 10.0 Å². The van der Waals surface area contributed by atoms with Gasteiger partial charge in [-0.05, 0) is 69.1 Å². The van der Waals surface area contributed by atoms with Gasteiger partial charge >= 0.3 is 0 Å². The molecule has 4 rings (SSSR count). The Morgan fingerprint density at radius 2 is 1.74 bits per heavy atom. The van der Waals surface area contributed by atoms with Crippen molar-refractivity contribution in [2.24, 2.45) is 5.92 Å². The van der Waals surface area contributed by atoms with Crippen LogP contribution in [-0.2, 0) is 14.8 Å². The van der Waals surface area contributed by atoms with Crippen LogP contribution < -0.4 is 10.1 Å². The number of carbonyl (C=O) groups excluding carboxylic acids is 1. The number of hydrogen-bond donors (Lipinski definition) is 1. The van der Waals surface area contributed by atoms with Crippen molar-refractivity contribution in [3.8, 4) is 11.8 Å². The van der Waals surface area contributed by atoms with Crippen molar-refractivity contribution in [3.63, 3.8) is 0 Å². The Kier molecular flexibility index (Phi) is 8.06. The molecule has 8 nitrogen and oxygen atoms in total. The zero-order chi connectivity index (χ0) is 24.8. The highest BCUT2D eigenvalue weighted by molar-refractivity contribution is 7.89. The number of para-hydroxylation sites is 1. The zero-order valence-electron chi connectivity index (χ0n) is 20.0. The smallest absolute Gasteiger partial charge is 0.243 e. The lowest BCUT2D eigenvalue weighted by molar-refractivity contribution is -0.126. The molecular formula is C26H32N4O4S. The van der Waals surface area contributed by atoms with E-state index in [1.807, 2.05) is 24.3 Å². The van der Waals surface area contributed by atoms with E-state index in [4.69, 9.17) is 10.00 Å². The molecule has 0 aliphatic carbocycles. The van der Waals surface area contributed by atoms with Gasteiger partial charge < -0.3 is 10.1 Å². The van der Waals surface area contributed by atoms with Crippen LogP contribution in [0.3, 0.4) is 0 Å². The SMILES string of the molecule is COc1ccccc1C(CNC(=O)C1CCN(S(=O)(=O)c2ccc(C#N)cc2)CC1)N1CCCC1. The molecule has 2 aromatic rings. The average molecular weight is 497 g/mol. The van der Waals surface area contributed by atoms with Crippen LogP contribution in [-0.4, -0.2) is 63.4 Å². The second-order valence-electron chi connectivity index (χ2n) is 9.06. The lowest BCUT2D eigenvalue weighted by Gasteiger charge is -2.32. The topological polar surface area (TPSA) is 103 Å². The molecule has 2 aliphatic heterocycles. The summed E-state index contributed by atoms with van der Waals surface area (Å²) in [6.07, 6.45) is 3.24. The number of carbonyl (C=O) groups is 1. The van der Waals surface area contributed by atoms with Gasteiger partial charge in [0, 0.05) is 31.1 Å². The molecule has 1 N–H and O–H groups in total. The van der Waals surface area contributed by atoms with E-state index in [2.05, 4.69) is 16.3 Å². The first-order valence-corrected chi connectivity index (χ1v) is 13.5. The maximum Gasteiger partial charge on any atom is 0.243 e. The van der Waals surface area contributed by atoms with Crippen molar-refractivity contribution in [2.45, 2.75) is 36.6 Å². The maximum absolute atomic E-state index is 13.0. The Bertz CT molecular complexity index is 1160. The number of sulfonamides is 1. The summed E-state index contributed by atoms with van der Waals surface area (Å²) in [6, 6.07) is 15.9. The first-order chi connectivity index (χ1) is 16.9. The normalized spacial score (nSPS) is 18.6. The highest BCUT2D eigenvalue weighted by Crippen LogP contribution is 2.31. The van der Waals surface area contributed by atoms with E-state index in [9.17, 15) is 13.2 Å². The number of likely N-dealkylation sites (tertiary alicyclic amines) is 1. The van der Waals surface area contributed by atoms with Crippen LogP contribution in [0.2, 0.25) is 0 Å². The molecule has 0 saturated carbocycles. The van der Waals surface area contributed by atoms with Crippen molar-refractivity contribution >= 4 is 15.9 Å². The lowest BCUT2D eigenvalue weighted by atomic mass is 9.96. The summed E-state index contributed by atoms with van der Waals surface area (Å²) in [7, 11) is -1.98. The van der Waals surface area contributed by atoms with Crippen LogP contribution in [0.15, 0.2) is 53.4 Å². The lowest BCUT2D eigenvalue weighted by Crippen LogP contribution is -2.44. The fraction of sp³-hybridized carbons (Fsp3) is 0.462. The van der Waals surface area contributed by atoms with E-state index in [1.54, 1.807) is 7.11 Å². The molecule has 186 valence electrons. The van der Waals surface area contributed by atoms with Gasteiger partial charge in [-0.3, -0.25) is 9.69 Å². The van der Waals surface area contributed by atoms with Gasteiger partial charge in [-0.1, -0.05) is 18.2 Å². The molecule has 2 aromatic carbocycles. The molecule has 0 aromatic heterocycles. The molecule has 1 atom stereocenters. The van der Waals surface area contributed by atoms with Crippen molar-refractivity contribution in [2.75, 3.05) is 39.8 Å². The van der Waals surface area contributed by atoms with Crippen LogP contribution >= 0.6 is 0 Å². The van der Waals surface area contributed by atoms with E-state index in [-0.39, 0.29) is 22.8 Å². The first-order valence-electron chi connectivity index (χ1n) is 12.1. The third-order valence-electron chi connectivity index (χ3n) is 6.99. The number of rotatable bonds is 8. The van der Waals surface area contributed by atoms with Gasteiger partial charge in [0.2, 0.25) is 15.9 Å². The number of amides is 1. The van der Waals surface area contributed by atoms with Gasteiger partial charge in [0.25, 0.3) is 0 Å². The molecule has 2 aliphatic rings. The molecule has 1 unspecified atom stereocenters. The minimum Gasteiger partial charge on any atom is -0.496 e. The van der Waals surface area contributed by atoms with Crippen molar-refractivity contribution in [3.05, 3.63) is 59.7 Å². The number of ether oxygens (including phenoxy) is 1. The Hall–Kier alpha value is -2.93. The molecule has 0 bridgehead atoms. The van der Waals surface area contributed by atoms with Gasteiger partial charge in [-0.25, -0.2) is 8.42 Å². The Morgan fingerprint density at radius 1 is 1.09 bits per heavy atom. The van der Waals surface area contributed by atoms with Crippen LogP contribution in [0.5, 0.6) is 5.75 Å². The van der Waals surface area contributed by atoms with Crippen LogP contribution in [0.4, 0.5) is 0 Å². The minimum absolute atomic E-state index is 0.0282. The molecule has 2 heterocycles. The predicted octanol–water partition coefficient (Wildman–Crippen LogP) is 2.92. The quantitative estimate of drug-likeness (QED) is 0.603. The number of piperidine rings is 1. The Labute approximate surface area is 207 Å².